The lowest BCUT2D eigenvalue weighted by Gasteiger charge is -2.15. The van der Waals surface area contributed by atoms with Crippen molar-refractivity contribution in [2.24, 2.45) is 0 Å². The van der Waals surface area contributed by atoms with Crippen LogP contribution in [0.3, 0.4) is 0 Å². The van der Waals surface area contributed by atoms with Crippen LogP contribution in [0.4, 0.5) is 0 Å². The molecule has 1 nitrogen and oxygen atoms in total. The SMILES string of the molecule is C=CN(CC)CCCC. The van der Waals surface area contributed by atoms with Crippen molar-refractivity contribution in [3.8, 4) is 0 Å². The van der Waals surface area contributed by atoms with E-state index < -0.39 is 0 Å². The fourth-order valence-corrected chi connectivity index (χ4v) is 0.740. The zero-order valence-electron chi connectivity index (χ0n) is 6.56. The van der Waals surface area contributed by atoms with Crippen molar-refractivity contribution in [1.29, 1.82) is 0 Å². The molecule has 0 radical (unpaired) electrons. The van der Waals surface area contributed by atoms with Crippen LogP contribution in [-0.4, -0.2) is 18.0 Å². The van der Waals surface area contributed by atoms with Crippen LogP contribution in [0.2, 0.25) is 0 Å². The highest BCUT2D eigenvalue weighted by Crippen LogP contribution is 1.93. The molecular formula is C8H17N. The second-order valence-corrected chi connectivity index (χ2v) is 2.16. The Bertz CT molecular complexity index is 69.0. The molecule has 0 spiro atoms. The third-order valence-electron chi connectivity index (χ3n) is 1.46. The third-order valence-corrected chi connectivity index (χ3v) is 1.46. The normalized spacial score (nSPS) is 9.11. The molecule has 0 aromatic carbocycles. The summed E-state index contributed by atoms with van der Waals surface area (Å²) in [5.74, 6) is 0. The van der Waals surface area contributed by atoms with Gasteiger partial charge in [-0.1, -0.05) is 19.9 Å². The van der Waals surface area contributed by atoms with Crippen LogP contribution in [0.15, 0.2) is 12.8 Å². The molecule has 0 unspecified atom stereocenters. The first kappa shape index (κ1) is 8.54. The zero-order valence-corrected chi connectivity index (χ0v) is 6.56. The van der Waals surface area contributed by atoms with Gasteiger partial charge < -0.3 is 4.90 Å². The first-order valence-electron chi connectivity index (χ1n) is 3.71. The van der Waals surface area contributed by atoms with Gasteiger partial charge in [-0.3, -0.25) is 0 Å². The molecule has 0 aliphatic carbocycles. The fraction of sp³-hybridized carbons (Fsp3) is 0.750. The molecule has 0 N–H and O–H groups in total. The Hall–Kier alpha value is -0.460. The molecular weight excluding hydrogens is 110 g/mol. The lowest BCUT2D eigenvalue weighted by Crippen LogP contribution is -2.16. The Morgan fingerprint density at radius 1 is 1.44 bits per heavy atom. The Morgan fingerprint density at radius 2 is 2.11 bits per heavy atom. The van der Waals surface area contributed by atoms with Crippen molar-refractivity contribution < 1.29 is 0 Å². The van der Waals surface area contributed by atoms with Gasteiger partial charge in [-0.25, -0.2) is 0 Å². The monoisotopic (exact) mass is 127 g/mol. The predicted molar refractivity (Wildman–Crippen MR) is 42.4 cm³/mol. The molecule has 0 aromatic heterocycles. The molecule has 0 aliphatic rings. The van der Waals surface area contributed by atoms with Crippen LogP contribution in [0.1, 0.15) is 26.7 Å². The quantitative estimate of drug-likeness (QED) is 0.547. The third kappa shape index (κ3) is 4.07. The van der Waals surface area contributed by atoms with Crippen LogP contribution < -0.4 is 0 Å². The van der Waals surface area contributed by atoms with E-state index in [0.717, 1.165) is 13.1 Å². The second-order valence-electron chi connectivity index (χ2n) is 2.16. The maximum Gasteiger partial charge on any atom is 0.0172 e. The molecule has 0 saturated carbocycles. The molecule has 0 rings (SSSR count). The zero-order chi connectivity index (χ0) is 7.11. The van der Waals surface area contributed by atoms with Crippen molar-refractivity contribution in [3.05, 3.63) is 12.8 Å². The molecule has 0 fully saturated rings. The van der Waals surface area contributed by atoms with Crippen molar-refractivity contribution in [3.63, 3.8) is 0 Å². The second kappa shape index (κ2) is 5.67. The van der Waals surface area contributed by atoms with Crippen molar-refractivity contribution in [1.82, 2.24) is 4.90 Å². The Labute approximate surface area is 58.4 Å². The van der Waals surface area contributed by atoms with Crippen LogP contribution in [0.25, 0.3) is 0 Å². The average molecular weight is 127 g/mol. The van der Waals surface area contributed by atoms with E-state index in [4.69, 9.17) is 0 Å². The van der Waals surface area contributed by atoms with Crippen LogP contribution in [0, 0.1) is 0 Å². The van der Waals surface area contributed by atoms with Gasteiger partial charge in [-0.2, -0.15) is 0 Å². The minimum absolute atomic E-state index is 1.09. The van der Waals surface area contributed by atoms with Gasteiger partial charge >= 0.3 is 0 Å². The van der Waals surface area contributed by atoms with Gasteiger partial charge in [-0.15, -0.1) is 0 Å². The molecule has 0 aliphatic heterocycles. The van der Waals surface area contributed by atoms with Gasteiger partial charge in [0.2, 0.25) is 0 Å². The van der Waals surface area contributed by atoms with Gasteiger partial charge in [-0.05, 0) is 19.5 Å². The van der Waals surface area contributed by atoms with Crippen LogP contribution >= 0.6 is 0 Å². The largest absolute Gasteiger partial charge is 0.378 e. The summed E-state index contributed by atoms with van der Waals surface area (Å²) >= 11 is 0. The van der Waals surface area contributed by atoms with E-state index in [1.807, 2.05) is 6.20 Å². The lowest BCUT2D eigenvalue weighted by atomic mass is 10.3. The maximum atomic E-state index is 3.71. The molecule has 1 heteroatoms. The summed E-state index contributed by atoms with van der Waals surface area (Å²) in [7, 11) is 0. The minimum atomic E-state index is 1.09. The first-order valence-corrected chi connectivity index (χ1v) is 3.71. The highest BCUT2D eigenvalue weighted by atomic mass is 15.1. The number of hydrogen-bond acceptors (Lipinski definition) is 1. The predicted octanol–water partition coefficient (Wildman–Crippen LogP) is 2.25. The highest BCUT2D eigenvalue weighted by Gasteiger charge is 1.90. The summed E-state index contributed by atoms with van der Waals surface area (Å²) in [6.45, 7) is 10.3. The van der Waals surface area contributed by atoms with Crippen molar-refractivity contribution in [2.45, 2.75) is 26.7 Å². The summed E-state index contributed by atoms with van der Waals surface area (Å²) in [6.07, 6.45) is 4.46. The topological polar surface area (TPSA) is 3.24 Å². The van der Waals surface area contributed by atoms with Gasteiger partial charge in [0.05, 0.1) is 0 Å². The number of nitrogens with zero attached hydrogens (tertiary/aromatic N) is 1. The van der Waals surface area contributed by atoms with Crippen molar-refractivity contribution in [2.75, 3.05) is 13.1 Å². The lowest BCUT2D eigenvalue weighted by molar-refractivity contribution is 0.388. The summed E-state index contributed by atoms with van der Waals surface area (Å²) in [6, 6.07) is 0. The summed E-state index contributed by atoms with van der Waals surface area (Å²) in [4.78, 5) is 2.23. The minimum Gasteiger partial charge on any atom is -0.378 e. The fourth-order valence-electron chi connectivity index (χ4n) is 0.740. The van der Waals surface area contributed by atoms with Gasteiger partial charge in [0.1, 0.15) is 0 Å². The van der Waals surface area contributed by atoms with Crippen LogP contribution in [-0.2, 0) is 0 Å². The number of unbranched alkanes of at least 4 members (excludes halogenated alkanes) is 1. The maximum absolute atomic E-state index is 3.71. The summed E-state index contributed by atoms with van der Waals surface area (Å²) < 4.78 is 0. The number of rotatable bonds is 5. The van der Waals surface area contributed by atoms with E-state index >= 15 is 0 Å². The summed E-state index contributed by atoms with van der Waals surface area (Å²) in [5, 5.41) is 0. The Balaban J connectivity index is 3.20. The van der Waals surface area contributed by atoms with Crippen molar-refractivity contribution >= 4 is 0 Å². The van der Waals surface area contributed by atoms with Gasteiger partial charge in [0.15, 0.2) is 0 Å². The van der Waals surface area contributed by atoms with Gasteiger partial charge in [0, 0.05) is 13.1 Å². The molecule has 0 atom stereocenters. The molecule has 0 aromatic rings. The number of hydrogen-bond donors (Lipinski definition) is 0. The molecule has 0 amide bonds. The molecule has 9 heavy (non-hydrogen) atoms. The van der Waals surface area contributed by atoms with E-state index in [1.54, 1.807) is 0 Å². The van der Waals surface area contributed by atoms with E-state index in [2.05, 4.69) is 25.3 Å². The van der Waals surface area contributed by atoms with E-state index in [-0.39, 0.29) is 0 Å². The smallest absolute Gasteiger partial charge is 0.0172 e. The standard InChI is InChI=1S/C8H17N/c1-4-7-8-9(5-2)6-3/h5H,2,4,6-8H2,1,3H3. The Kier molecular flexibility index (Phi) is 5.38. The van der Waals surface area contributed by atoms with E-state index in [9.17, 15) is 0 Å². The van der Waals surface area contributed by atoms with Crippen LogP contribution in [0.5, 0.6) is 0 Å². The first-order chi connectivity index (χ1) is 4.35. The average Bonchev–Trinajstić information content (AvgIpc) is 1.91. The molecule has 54 valence electrons. The van der Waals surface area contributed by atoms with E-state index in [1.165, 1.54) is 12.8 Å². The Morgan fingerprint density at radius 3 is 2.44 bits per heavy atom. The molecule has 0 heterocycles. The van der Waals surface area contributed by atoms with Gasteiger partial charge in [0.25, 0.3) is 0 Å². The molecule has 0 saturated heterocycles. The summed E-state index contributed by atoms with van der Waals surface area (Å²) in [5.41, 5.74) is 0. The highest BCUT2D eigenvalue weighted by molar-refractivity contribution is 4.68. The molecule has 0 bridgehead atoms. The van der Waals surface area contributed by atoms with E-state index in [0.29, 0.717) is 0 Å².